The molecule has 1 amide bonds. The molecule has 3 nitrogen and oxygen atoms in total. The van der Waals surface area contributed by atoms with Gasteiger partial charge < -0.3 is 9.64 Å². The van der Waals surface area contributed by atoms with Gasteiger partial charge in [0.15, 0.2) is 0 Å². The molecule has 0 N–H and O–H groups in total. The minimum absolute atomic E-state index is 0.00351. The fourth-order valence-electron chi connectivity index (χ4n) is 2.10. The monoisotopic (exact) mass is 269 g/mol. The molecule has 19 heavy (non-hydrogen) atoms. The van der Waals surface area contributed by atoms with E-state index in [1.165, 1.54) is 12.0 Å². The van der Waals surface area contributed by atoms with Crippen molar-refractivity contribution in [1.82, 2.24) is 4.90 Å². The lowest BCUT2D eigenvalue weighted by Gasteiger charge is -2.22. The first-order chi connectivity index (χ1) is 9.11. The van der Waals surface area contributed by atoms with Crippen molar-refractivity contribution >= 4 is 5.91 Å². The summed E-state index contributed by atoms with van der Waals surface area (Å²) >= 11 is 0. The Bertz CT molecular complexity index is 447. The van der Waals surface area contributed by atoms with Gasteiger partial charge in [0.25, 0.3) is 6.43 Å². The highest BCUT2D eigenvalue weighted by Crippen LogP contribution is 2.29. The summed E-state index contributed by atoms with van der Waals surface area (Å²) in [4.78, 5) is 13.4. The minimum atomic E-state index is -2.48. The smallest absolute Gasteiger partial charge is 0.255 e. The molecule has 0 saturated heterocycles. The van der Waals surface area contributed by atoms with Crippen LogP contribution in [0.2, 0.25) is 0 Å². The topological polar surface area (TPSA) is 29.5 Å². The van der Waals surface area contributed by atoms with Gasteiger partial charge in [-0.15, -0.1) is 0 Å². The van der Waals surface area contributed by atoms with Gasteiger partial charge >= 0.3 is 0 Å². The normalized spacial score (nSPS) is 14.5. The number of alkyl halides is 2. The zero-order chi connectivity index (χ0) is 13.8. The summed E-state index contributed by atoms with van der Waals surface area (Å²) in [7, 11) is 1.53. The van der Waals surface area contributed by atoms with E-state index < -0.39 is 13.0 Å². The third-order valence-electron chi connectivity index (χ3n) is 3.18. The Morgan fingerprint density at radius 1 is 1.42 bits per heavy atom. The number of rotatable bonds is 6. The highest BCUT2D eigenvalue weighted by Gasteiger charge is 2.34. The summed E-state index contributed by atoms with van der Waals surface area (Å²) in [6, 6.07) is 7.15. The largest absolute Gasteiger partial charge is 0.496 e. The number of carbonyl (C=O) groups is 1. The summed E-state index contributed by atoms with van der Waals surface area (Å²) in [6.45, 7) is -0.474. The molecule has 0 aliphatic heterocycles. The van der Waals surface area contributed by atoms with Crippen LogP contribution in [-0.2, 0) is 11.2 Å². The highest BCUT2D eigenvalue weighted by atomic mass is 19.3. The first-order valence-electron chi connectivity index (χ1n) is 6.31. The van der Waals surface area contributed by atoms with Crippen molar-refractivity contribution in [2.45, 2.75) is 31.7 Å². The maximum absolute atomic E-state index is 12.5. The predicted octanol–water partition coefficient (Wildman–Crippen LogP) is 2.49. The number of hydrogen-bond acceptors (Lipinski definition) is 2. The number of ether oxygens (including phenoxy) is 1. The minimum Gasteiger partial charge on any atom is -0.496 e. The lowest BCUT2D eigenvalue weighted by atomic mass is 10.1. The van der Waals surface area contributed by atoms with Crippen molar-refractivity contribution in [3.63, 3.8) is 0 Å². The van der Waals surface area contributed by atoms with Crippen LogP contribution in [0, 0.1) is 0 Å². The van der Waals surface area contributed by atoms with E-state index in [-0.39, 0.29) is 18.4 Å². The molecule has 5 heteroatoms. The molecule has 0 spiro atoms. The fraction of sp³-hybridized carbons (Fsp3) is 0.500. The van der Waals surface area contributed by atoms with E-state index in [0.717, 1.165) is 18.4 Å². The van der Waals surface area contributed by atoms with E-state index in [4.69, 9.17) is 4.74 Å². The maximum atomic E-state index is 12.5. The van der Waals surface area contributed by atoms with Crippen LogP contribution < -0.4 is 4.74 Å². The first-order valence-corrected chi connectivity index (χ1v) is 6.31. The molecule has 0 heterocycles. The van der Waals surface area contributed by atoms with Crippen LogP contribution in [0.25, 0.3) is 0 Å². The van der Waals surface area contributed by atoms with E-state index in [2.05, 4.69) is 0 Å². The van der Waals surface area contributed by atoms with Crippen molar-refractivity contribution < 1.29 is 18.3 Å². The molecule has 0 aromatic heterocycles. The summed E-state index contributed by atoms with van der Waals surface area (Å²) in [5.41, 5.74) is 0.731. The number of nitrogens with zero attached hydrogens (tertiary/aromatic N) is 1. The van der Waals surface area contributed by atoms with Gasteiger partial charge in [-0.05, 0) is 18.9 Å². The molecule has 1 aliphatic rings. The number of halogens is 2. The average molecular weight is 269 g/mol. The number of hydrogen-bond donors (Lipinski definition) is 0. The molecule has 1 saturated carbocycles. The first kappa shape index (κ1) is 13.8. The van der Waals surface area contributed by atoms with Crippen LogP contribution in [0.15, 0.2) is 24.3 Å². The second-order valence-corrected chi connectivity index (χ2v) is 4.66. The van der Waals surface area contributed by atoms with Crippen LogP contribution in [-0.4, -0.2) is 36.9 Å². The van der Waals surface area contributed by atoms with Gasteiger partial charge in [0.2, 0.25) is 5.91 Å². The number of amides is 1. The van der Waals surface area contributed by atoms with Gasteiger partial charge in [0.1, 0.15) is 5.75 Å². The summed E-state index contributed by atoms with van der Waals surface area (Å²) in [5.74, 6) is 0.357. The Morgan fingerprint density at radius 2 is 2.11 bits per heavy atom. The second kappa shape index (κ2) is 5.99. The van der Waals surface area contributed by atoms with E-state index in [1.807, 2.05) is 6.07 Å². The SMILES string of the molecule is COc1ccccc1CC(=O)N(CC(F)F)C1CC1. The van der Waals surface area contributed by atoms with Crippen molar-refractivity contribution in [2.24, 2.45) is 0 Å². The fourth-order valence-corrected chi connectivity index (χ4v) is 2.10. The average Bonchev–Trinajstić information content (AvgIpc) is 3.20. The van der Waals surface area contributed by atoms with Gasteiger partial charge in [-0.2, -0.15) is 0 Å². The number of carbonyl (C=O) groups excluding carboxylic acids is 1. The maximum Gasteiger partial charge on any atom is 0.255 e. The van der Waals surface area contributed by atoms with Crippen LogP contribution in [0.5, 0.6) is 5.75 Å². The van der Waals surface area contributed by atoms with Crippen LogP contribution >= 0.6 is 0 Å². The van der Waals surface area contributed by atoms with E-state index in [0.29, 0.717) is 5.75 Å². The Hall–Kier alpha value is -1.65. The summed E-state index contributed by atoms with van der Waals surface area (Å²) in [5, 5.41) is 0. The molecule has 1 aromatic rings. The molecular formula is C14H17F2NO2. The van der Waals surface area contributed by atoms with Gasteiger partial charge in [-0.1, -0.05) is 18.2 Å². The third-order valence-corrected chi connectivity index (χ3v) is 3.18. The highest BCUT2D eigenvalue weighted by molar-refractivity contribution is 5.80. The van der Waals surface area contributed by atoms with Crippen LogP contribution in [0.4, 0.5) is 8.78 Å². The van der Waals surface area contributed by atoms with Gasteiger partial charge in [0, 0.05) is 11.6 Å². The van der Waals surface area contributed by atoms with Gasteiger partial charge in [-0.3, -0.25) is 4.79 Å². The van der Waals surface area contributed by atoms with Crippen LogP contribution in [0.1, 0.15) is 18.4 Å². The molecule has 2 rings (SSSR count). The lowest BCUT2D eigenvalue weighted by molar-refractivity contribution is -0.133. The zero-order valence-corrected chi connectivity index (χ0v) is 10.8. The summed E-state index contributed by atoms with van der Waals surface area (Å²) in [6.07, 6.45) is -0.732. The molecule has 0 radical (unpaired) electrons. The van der Waals surface area contributed by atoms with Crippen molar-refractivity contribution in [3.05, 3.63) is 29.8 Å². The molecule has 0 bridgehead atoms. The Labute approximate surface area is 111 Å². The van der Waals surface area contributed by atoms with Crippen molar-refractivity contribution in [1.29, 1.82) is 0 Å². The van der Waals surface area contributed by atoms with Crippen molar-refractivity contribution in [3.8, 4) is 5.75 Å². The van der Waals surface area contributed by atoms with Crippen molar-refractivity contribution in [2.75, 3.05) is 13.7 Å². The molecular weight excluding hydrogens is 252 g/mol. The van der Waals surface area contributed by atoms with Crippen LogP contribution in [0.3, 0.4) is 0 Å². The second-order valence-electron chi connectivity index (χ2n) is 4.66. The van der Waals surface area contributed by atoms with Gasteiger partial charge in [-0.25, -0.2) is 8.78 Å². The Balaban J connectivity index is 2.05. The number of benzene rings is 1. The standard InChI is InChI=1S/C14H17F2NO2/c1-19-12-5-3-2-4-10(12)8-14(18)17(9-13(15)16)11-6-7-11/h2-5,11,13H,6-9H2,1H3. The number of methoxy groups -OCH3 is 1. The Kier molecular flexibility index (Phi) is 4.35. The zero-order valence-electron chi connectivity index (χ0n) is 10.8. The van der Waals surface area contributed by atoms with E-state index in [1.54, 1.807) is 18.2 Å². The molecule has 0 unspecified atom stereocenters. The lowest BCUT2D eigenvalue weighted by Crippen LogP contribution is -2.38. The molecule has 0 atom stereocenters. The molecule has 1 aromatic carbocycles. The van der Waals surface area contributed by atoms with E-state index in [9.17, 15) is 13.6 Å². The quantitative estimate of drug-likeness (QED) is 0.794. The molecule has 1 aliphatic carbocycles. The summed E-state index contributed by atoms with van der Waals surface area (Å²) < 4.78 is 30.2. The number of para-hydroxylation sites is 1. The Morgan fingerprint density at radius 3 is 2.68 bits per heavy atom. The third kappa shape index (κ3) is 3.66. The predicted molar refractivity (Wildman–Crippen MR) is 67.4 cm³/mol. The van der Waals surface area contributed by atoms with E-state index >= 15 is 0 Å². The molecule has 1 fully saturated rings. The molecule has 104 valence electrons. The van der Waals surface area contributed by atoms with Gasteiger partial charge in [0.05, 0.1) is 20.1 Å².